The highest BCUT2D eigenvalue weighted by molar-refractivity contribution is 6.33. The zero-order chi connectivity index (χ0) is 17.7. The summed E-state index contributed by atoms with van der Waals surface area (Å²) < 4.78 is 4.63. The highest BCUT2D eigenvalue weighted by Gasteiger charge is 2.11. The minimum absolute atomic E-state index is 0.152. The van der Waals surface area contributed by atoms with Crippen molar-refractivity contribution in [2.45, 2.75) is 6.54 Å². The fourth-order valence-electron chi connectivity index (χ4n) is 1.94. The van der Waals surface area contributed by atoms with Crippen molar-refractivity contribution in [3.8, 4) is 0 Å². The molecule has 9 heteroatoms. The molecule has 1 aromatic carbocycles. The number of nitrogens with one attached hydrogen (secondary N) is 1. The van der Waals surface area contributed by atoms with E-state index in [1.807, 2.05) is 12.1 Å². The van der Waals surface area contributed by atoms with Crippen LogP contribution in [-0.2, 0) is 11.3 Å². The van der Waals surface area contributed by atoms with Crippen molar-refractivity contribution in [1.29, 1.82) is 0 Å². The second-order valence-corrected chi connectivity index (χ2v) is 5.34. The van der Waals surface area contributed by atoms with Gasteiger partial charge in [0.25, 0.3) is 5.69 Å². The standard InChI is InChI=1S/C15H15ClN4O4/c1-19(15(21)24-2)9-10-3-5-11(6-4-10)18-14-13(16)7-12(8-17-14)20(22)23/h3-8H,9H2,1-2H3,(H,17,18). The summed E-state index contributed by atoms with van der Waals surface area (Å²) in [6, 6.07) is 8.48. The molecule has 0 atom stereocenters. The molecule has 0 saturated carbocycles. The zero-order valence-electron chi connectivity index (χ0n) is 13.0. The number of carbonyl (C=O) groups is 1. The Balaban J connectivity index is 2.06. The normalized spacial score (nSPS) is 10.1. The van der Waals surface area contributed by atoms with Gasteiger partial charge < -0.3 is 15.0 Å². The molecule has 0 saturated heterocycles. The summed E-state index contributed by atoms with van der Waals surface area (Å²) in [6.45, 7) is 0.406. The van der Waals surface area contributed by atoms with Crippen molar-refractivity contribution in [2.24, 2.45) is 0 Å². The van der Waals surface area contributed by atoms with Crippen molar-refractivity contribution in [2.75, 3.05) is 19.5 Å². The van der Waals surface area contributed by atoms with Crippen LogP contribution >= 0.6 is 11.6 Å². The summed E-state index contributed by atoms with van der Waals surface area (Å²) in [7, 11) is 2.96. The fourth-order valence-corrected chi connectivity index (χ4v) is 2.15. The summed E-state index contributed by atoms with van der Waals surface area (Å²) in [5, 5.41) is 13.8. The fraction of sp³-hybridized carbons (Fsp3) is 0.200. The van der Waals surface area contributed by atoms with E-state index in [9.17, 15) is 14.9 Å². The third-order valence-electron chi connectivity index (χ3n) is 3.16. The van der Waals surface area contributed by atoms with Crippen LogP contribution in [0.25, 0.3) is 0 Å². The van der Waals surface area contributed by atoms with E-state index in [1.54, 1.807) is 19.2 Å². The largest absolute Gasteiger partial charge is 0.453 e. The summed E-state index contributed by atoms with van der Waals surface area (Å²) in [5.74, 6) is 0.321. The van der Waals surface area contributed by atoms with Crippen LogP contribution in [-0.4, -0.2) is 35.1 Å². The summed E-state index contributed by atoms with van der Waals surface area (Å²) >= 11 is 5.99. The molecular formula is C15H15ClN4O4. The Hall–Kier alpha value is -2.87. The van der Waals surface area contributed by atoms with E-state index < -0.39 is 11.0 Å². The summed E-state index contributed by atoms with van der Waals surface area (Å²) in [5.41, 5.74) is 1.45. The van der Waals surface area contributed by atoms with Crippen molar-refractivity contribution in [1.82, 2.24) is 9.88 Å². The topological polar surface area (TPSA) is 97.6 Å². The van der Waals surface area contributed by atoms with E-state index >= 15 is 0 Å². The molecule has 8 nitrogen and oxygen atoms in total. The third-order valence-corrected chi connectivity index (χ3v) is 3.45. The van der Waals surface area contributed by atoms with Crippen molar-refractivity contribution >= 4 is 34.9 Å². The molecule has 2 aromatic rings. The van der Waals surface area contributed by atoms with Crippen LogP contribution in [0, 0.1) is 10.1 Å². The van der Waals surface area contributed by atoms with Crippen molar-refractivity contribution in [3.05, 3.63) is 57.2 Å². The monoisotopic (exact) mass is 350 g/mol. The van der Waals surface area contributed by atoms with E-state index in [1.165, 1.54) is 18.1 Å². The maximum atomic E-state index is 11.4. The number of pyridine rings is 1. The van der Waals surface area contributed by atoms with Gasteiger partial charge in [-0.15, -0.1) is 0 Å². The van der Waals surface area contributed by atoms with Gasteiger partial charge in [0, 0.05) is 25.3 Å². The average Bonchev–Trinajstić information content (AvgIpc) is 2.57. The number of anilines is 2. The number of amides is 1. The van der Waals surface area contributed by atoms with Crippen LogP contribution in [0.3, 0.4) is 0 Å². The zero-order valence-corrected chi connectivity index (χ0v) is 13.8. The molecule has 1 N–H and O–H groups in total. The van der Waals surface area contributed by atoms with E-state index in [2.05, 4.69) is 15.0 Å². The lowest BCUT2D eigenvalue weighted by Crippen LogP contribution is -2.25. The molecule has 0 aliphatic carbocycles. The molecule has 0 aliphatic rings. The Bertz CT molecular complexity index is 752. The van der Waals surface area contributed by atoms with Gasteiger partial charge in [0.2, 0.25) is 0 Å². The first kappa shape index (κ1) is 17.5. The SMILES string of the molecule is COC(=O)N(C)Cc1ccc(Nc2ncc([N+](=O)[O-])cc2Cl)cc1. The minimum Gasteiger partial charge on any atom is -0.453 e. The molecule has 0 radical (unpaired) electrons. The Morgan fingerprint density at radius 2 is 2.08 bits per heavy atom. The van der Waals surface area contributed by atoms with Crippen LogP contribution in [0.1, 0.15) is 5.56 Å². The Morgan fingerprint density at radius 3 is 2.62 bits per heavy atom. The number of methoxy groups -OCH3 is 1. The Kier molecular flexibility index (Phi) is 5.54. The van der Waals surface area contributed by atoms with Crippen LogP contribution in [0.5, 0.6) is 0 Å². The van der Waals surface area contributed by atoms with Gasteiger partial charge in [0.05, 0.1) is 17.1 Å². The minimum atomic E-state index is -0.560. The van der Waals surface area contributed by atoms with Crippen LogP contribution in [0.2, 0.25) is 5.02 Å². The molecule has 24 heavy (non-hydrogen) atoms. The van der Waals surface area contributed by atoms with E-state index in [4.69, 9.17) is 11.6 Å². The van der Waals surface area contributed by atoms with E-state index in [0.717, 1.165) is 11.8 Å². The average molecular weight is 351 g/mol. The van der Waals surface area contributed by atoms with E-state index in [0.29, 0.717) is 18.1 Å². The van der Waals surface area contributed by atoms with Gasteiger partial charge in [-0.3, -0.25) is 10.1 Å². The van der Waals surface area contributed by atoms with Crippen molar-refractivity contribution < 1.29 is 14.5 Å². The van der Waals surface area contributed by atoms with E-state index in [-0.39, 0.29) is 10.7 Å². The molecular weight excluding hydrogens is 336 g/mol. The predicted molar refractivity (Wildman–Crippen MR) is 89.5 cm³/mol. The maximum Gasteiger partial charge on any atom is 0.409 e. The molecule has 126 valence electrons. The highest BCUT2D eigenvalue weighted by Crippen LogP contribution is 2.26. The second-order valence-electron chi connectivity index (χ2n) is 4.93. The predicted octanol–water partition coefficient (Wildman–Crippen LogP) is 3.59. The number of rotatable bonds is 5. The summed E-state index contributed by atoms with van der Waals surface area (Å²) in [4.78, 5) is 26.9. The molecule has 0 fully saturated rings. The Morgan fingerprint density at radius 1 is 1.42 bits per heavy atom. The molecule has 0 bridgehead atoms. The molecule has 1 aromatic heterocycles. The van der Waals surface area contributed by atoms with Gasteiger partial charge in [-0.1, -0.05) is 23.7 Å². The van der Waals surface area contributed by atoms with Gasteiger partial charge in [-0.05, 0) is 17.7 Å². The van der Waals surface area contributed by atoms with Crippen LogP contribution < -0.4 is 5.32 Å². The number of hydrogen-bond donors (Lipinski definition) is 1. The first-order chi connectivity index (χ1) is 11.4. The number of nitro groups is 1. The van der Waals surface area contributed by atoms with Gasteiger partial charge >= 0.3 is 6.09 Å². The van der Waals surface area contributed by atoms with Gasteiger partial charge in [0.1, 0.15) is 12.0 Å². The first-order valence-electron chi connectivity index (χ1n) is 6.85. The first-order valence-corrected chi connectivity index (χ1v) is 7.23. The lowest BCUT2D eigenvalue weighted by atomic mass is 10.2. The number of hydrogen-bond acceptors (Lipinski definition) is 6. The van der Waals surface area contributed by atoms with Gasteiger partial charge in [-0.2, -0.15) is 0 Å². The van der Waals surface area contributed by atoms with Crippen LogP contribution in [0.4, 0.5) is 22.0 Å². The van der Waals surface area contributed by atoms with Crippen molar-refractivity contribution in [3.63, 3.8) is 0 Å². The molecule has 2 rings (SSSR count). The second kappa shape index (κ2) is 7.60. The van der Waals surface area contributed by atoms with Gasteiger partial charge in [-0.25, -0.2) is 9.78 Å². The molecule has 0 aliphatic heterocycles. The maximum absolute atomic E-state index is 11.4. The number of halogens is 1. The van der Waals surface area contributed by atoms with Gasteiger partial charge in [0.15, 0.2) is 0 Å². The molecule has 1 amide bonds. The number of nitrogens with zero attached hydrogens (tertiary/aromatic N) is 3. The molecule has 1 heterocycles. The number of aromatic nitrogens is 1. The smallest absolute Gasteiger partial charge is 0.409 e. The number of ether oxygens (including phenoxy) is 1. The third kappa shape index (κ3) is 4.32. The van der Waals surface area contributed by atoms with Crippen LogP contribution in [0.15, 0.2) is 36.5 Å². The lowest BCUT2D eigenvalue weighted by Gasteiger charge is -2.15. The molecule has 0 unspecified atom stereocenters. The molecule has 0 spiro atoms. The quantitative estimate of drug-likeness (QED) is 0.653. The summed E-state index contributed by atoms with van der Waals surface area (Å²) in [6.07, 6.45) is 0.715. The Labute approximate surface area is 143 Å². The number of benzene rings is 1. The highest BCUT2D eigenvalue weighted by atomic mass is 35.5. The number of carbonyl (C=O) groups excluding carboxylic acids is 1. The lowest BCUT2D eigenvalue weighted by molar-refractivity contribution is -0.385.